The third-order valence-corrected chi connectivity index (χ3v) is 4.83. The van der Waals surface area contributed by atoms with Gasteiger partial charge in [0.15, 0.2) is 0 Å². The maximum atomic E-state index is 5.90. The molecule has 1 heterocycles. The topological polar surface area (TPSA) is 37.7 Å². The smallest absolute Gasteiger partial charge is 0.228 e. The molecule has 2 rings (SSSR count). The Kier molecular flexibility index (Phi) is 8.39. The Morgan fingerprint density at radius 1 is 1.27 bits per heavy atom. The Labute approximate surface area is 169 Å². The highest BCUT2D eigenvalue weighted by Crippen LogP contribution is 2.29. The van der Waals surface area contributed by atoms with Crippen molar-refractivity contribution in [3.8, 4) is 5.88 Å². The molecule has 0 amide bonds. The number of rotatable bonds is 9. The fraction of sp³-hybridized carbons (Fsp3) is 0.400. The van der Waals surface area contributed by atoms with Crippen molar-refractivity contribution in [1.82, 2.24) is 9.88 Å². The zero-order valence-corrected chi connectivity index (χ0v) is 17.8. The lowest BCUT2D eigenvalue weighted by Gasteiger charge is -2.11. The zero-order valence-electron chi connectivity index (χ0n) is 15.5. The van der Waals surface area contributed by atoms with Gasteiger partial charge in [-0.25, -0.2) is 9.98 Å². The summed E-state index contributed by atoms with van der Waals surface area (Å²) in [6.45, 7) is 5.57. The van der Waals surface area contributed by atoms with Crippen molar-refractivity contribution in [2.75, 3.05) is 20.2 Å². The van der Waals surface area contributed by atoms with Gasteiger partial charge in [-0.2, -0.15) is 0 Å². The molecule has 140 valence electrons. The van der Waals surface area contributed by atoms with Crippen LogP contribution in [0.2, 0.25) is 5.02 Å². The van der Waals surface area contributed by atoms with E-state index in [1.165, 1.54) is 5.56 Å². The number of aryl methyl sites for hydroxylation is 2. The molecule has 6 heteroatoms. The summed E-state index contributed by atoms with van der Waals surface area (Å²) in [5, 5.41) is 0.775. The standard InChI is InChI=1S/C20H25BrClN3O/c1-4-25(3)14-23-19-13-18(21)20(24-15(19)2)26-12-6-5-7-16-8-10-17(22)11-9-16/h8-11,13-14H,4-7,12H2,1-3H3/b23-14+. The molecule has 0 aliphatic heterocycles. The molecule has 0 radical (unpaired) electrons. The molecule has 0 spiro atoms. The number of halogens is 2. The second kappa shape index (κ2) is 10.5. The minimum atomic E-state index is 0.622. The molecular weight excluding hydrogens is 414 g/mol. The van der Waals surface area contributed by atoms with Crippen LogP contribution in [0.1, 0.15) is 31.0 Å². The summed E-state index contributed by atoms with van der Waals surface area (Å²) >= 11 is 9.43. The van der Waals surface area contributed by atoms with E-state index in [-0.39, 0.29) is 0 Å². The molecule has 0 atom stereocenters. The number of hydrogen-bond acceptors (Lipinski definition) is 3. The molecule has 1 aromatic carbocycles. The Morgan fingerprint density at radius 3 is 2.69 bits per heavy atom. The van der Waals surface area contributed by atoms with Crippen molar-refractivity contribution >= 4 is 39.6 Å². The van der Waals surface area contributed by atoms with Crippen LogP contribution in [0.25, 0.3) is 0 Å². The molecule has 1 aromatic heterocycles. The van der Waals surface area contributed by atoms with Gasteiger partial charge in [-0.05, 0) is 72.8 Å². The fourth-order valence-corrected chi connectivity index (χ4v) is 2.82. The summed E-state index contributed by atoms with van der Waals surface area (Å²) in [5.41, 5.74) is 2.99. The van der Waals surface area contributed by atoms with Crippen LogP contribution >= 0.6 is 27.5 Å². The van der Waals surface area contributed by atoms with Crippen LogP contribution < -0.4 is 4.74 Å². The monoisotopic (exact) mass is 437 g/mol. The number of aliphatic imine (C=N–C) groups is 1. The largest absolute Gasteiger partial charge is 0.477 e. The first-order valence-electron chi connectivity index (χ1n) is 8.78. The van der Waals surface area contributed by atoms with Gasteiger partial charge in [0.05, 0.1) is 28.8 Å². The number of hydrogen-bond donors (Lipinski definition) is 0. The van der Waals surface area contributed by atoms with Crippen LogP contribution in [0.5, 0.6) is 5.88 Å². The van der Waals surface area contributed by atoms with E-state index in [2.05, 4.69) is 45.0 Å². The van der Waals surface area contributed by atoms with Gasteiger partial charge >= 0.3 is 0 Å². The summed E-state index contributed by atoms with van der Waals surface area (Å²) in [4.78, 5) is 11.0. The van der Waals surface area contributed by atoms with Gasteiger partial charge < -0.3 is 9.64 Å². The van der Waals surface area contributed by atoms with E-state index >= 15 is 0 Å². The van der Waals surface area contributed by atoms with Gasteiger partial charge in [-0.3, -0.25) is 0 Å². The van der Waals surface area contributed by atoms with Crippen molar-refractivity contribution in [2.24, 2.45) is 4.99 Å². The van der Waals surface area contributed by atoms with Crippen LogP contribution in [0, 0.1) is 6.92 Å². The molecule has 0 unspecified atom stereocenters. The number of nitrogens with zero attached hydrogens (tertiary/aromatic N) is 3. The third-order valence-electron chi connectivity index (χ3n) is 4.01. The Bertz CT molecular complexity index is 735. The van der Waals surface area contributed by atoms with Crippen molar-refractivity contribution < 1.29 is 4.74 Å². The van der Waals surface area contributed by atoms with E-state index in [0.717, 1.165) is 46.7 Å². The van der Waals surface area contributed by atoms with Gasteiger partial charge in [-0.1, -0.05) is 23.7 Å². The molecule has 2 aromatic rings. The molecular formula is C20H25BrClN3O. The molecule has 0 fully saturated rings. The maximum absolute atomic E-state index is 5.90. The number of benzene rings is 1. The Morgan fingerprint density at radius 2 is 2.00 bits per heavy atom. The van der Waals surface area contributed by atoms with Crippen LogP contribution in [0.15, 0.2) is 39.8 Å². The minimum Gasteiger partial charge on any atom is -0.477 e. The number of ether oxygens (including phenoxy) is 1. The minimum absolute atomic E-state index is 0.622. The molecule has 4 nitrogen and oxygen atoms in total. The van der Waals surface area contributed by atoms with E-state index in [1.807, 2.05) is 43.4 Å². The van der Waals surface area contributed by atoms with E-state index in [0.29, 0.717) is 12.5 Å². The van der Waals surface area contributed by atoms with E-state index in [9.17, 15) is 0 Å². The molecule has 0 saturated heterocycles. The van der Waals surface area contributed by atoms with E-state index < -0.39 is 0 Å². The van der Waals surface area contributed by atoms with Gasteiger partial charge in [-0.15, -0.1) is 0 Å². The van der Waals surface area contributed by atoms with Crippen molar-refractivity contribution in [3.63, 3.8) is 0 Å². The Hall–Kier alpha value is -1.59. The molecule has 0 saturated carbocycles. The number of aromatic nitrogens is 1. The van der Waals surface area contributed by atoms with E-state index in [1.54, 1.807) is 0 Å². The highest BCUT2D eigenvalue weighted by Gasteiger charge is 2.08. The summed E-state index contributed by atoms with van der Waals surface area (Å²) in [6, 6.07) is 9.95. The van der Waals surface area contributed by atoms with Gasteiger partial charge in [0.25, 0.3) is 0 Å². The first-order valence-corrected chi connectivity index (χ1v) is 9.95. The van der Waals surface area contributed by atoms with Gasteiger partial charge in [0, 0.05) is 18.6 Å². The van der Waals surface area contributed by atoms with Crippen molar-refractivity contribution in [2.45, 2.75) is 33.1 Å². The lowest BCUT2D eigenvalue weighted by molar-refractivity contribution is 0.293. The van der Waals surface area contributed by atoms with Gasteiger partial charge in [0.2, 0.25) is 5.88 Å². The lowest BCUT2D eigenvalue weighted by Crippen LogP contribution is -2.14. The summed E-state index contributed by atoms with van der Waals surface area (Å²) < 4.78 is 6.66. The molecule has 0 aliphatic rings. The number of pyridine rings is 1. The van der Waals surface area contributed by atoms with Crippen molar-refractivity contribution in [3.05, 3.63) is 51.1 Å². The molecule has 0 aliphatic carbocycles. The average molecular weight is 439 g/mol. The second-order valence-corrected chi connectivity index (χ2v) is 7.42. The second-order valence-electron chi connectivity index (χ2n) is 6.13. The first-order chi connectivity index (χ1) is 12.5. The maximum Gasteiger partial charge on any atom is 0.228 e. The predicted octanol–water partition coefficient (Wildman–Crippen LogP) is 5.82. The van der Waals surface area contributed by atoms with E-state index in [4.69, 9.17) is 16.3 Å². The van der Waals surface area contributed by atoms with Gasteiger partial charge in [0.1, 0.15) is 0 Å². The molecule has 26 heavy (non-hydrogen) atoms. The predicted molar refractivity (Wildman–Crippen MR) is 113 cm³/mol. The highest BCUT2D eigenvalue weighted by atomic mass is 79.9. The summed E-state index contributed by atoms with van der Waals surface area (Å²) in [6.07, 6.45) is 4.86. The fourth-order valence-electron chi connectivity index (χ4n) is 2.27. The first kappa shape index (κ1) is 20.7. The summed E-state index contributed by atoms with van der Waals surface area (Å²) in [7, 11) is 1.99. The van der Waals surface area contributed by atoms with Crippen molar-refractivity contribution in [1.29, 1.82) is 0 Å². The zero-order chi connectivity index (χ0) is 18.9. The normalized spacial score (nSPS) is 11.1. The van der Waals surface area contributed by atoms with Crippen LogP contribution in [0.3, 0.4) is 0 Å². The molecule has 0 N–H and O–H groups in total. The highest BCUT2D eigenvalue weighted by molar-refractivity contribution is 9.10. The lowest BCUT2D eigenvalue weighted by atomic mass is 10.1. The Balaban J connectivity index is 1.82. The molecule has 0 bridgehead atoms. The van der Waals surface area contributed by atoms with Crippen LogP contribution in [0.4, 0.5) is 5.69 Å². The van der Waals surface area contributed by atoms with Crippen LogP contribution in [-0.2, 0) is 6.42 Å². The third kappa shape index (κ3) is 6.61. The summed E-state index contributed by atoms with van der Waals surface area (Å²) in [5.74, 6) is 0.622. The quantitative estimate of drug-likeness (QED) is 0.281. The SMILES string of the molecule is CCN(C)/C=N/c1cc(Br)c(OCCCCc2ccc(Cl)cc2)nc1C. The average Bonchev–Trinajstić information content (AvgIpc) is 2.63. The van der Waals surface area contributed by atoms with Crippen LogP contribution in [-0.4, -0.2) is 36.4 Å². The number of unbranched alkanes of at least 4 members (excludes halogenated alkanes) is 1.